The fraction of sp³-hybridized carbons (Fsp3) is 0.538. The number of piperidine rings is 2. The SMILES string of the molecule is c1ccc(COCC2(OCc3ccccc3)CCCCN2C[C@H]2CCCNC2)cc1. The fourth-order valence-electron chi connectivity index (χ4n) is 4.78. The summed E-state index contributed by atoms with van der Waals surface area (Å²) < 4.78 is 13.0. The van der Waals surface area contributed by atoms with Crippen molar-refractivity contribution in [2.45, 2.75) is 51.0 Å². The van der Waals surface area contributed by atoms with E-state index in [-0.39, 0.29) is 5.72 Å². The van der Waals surface area contributed by atoms with Crippen molar-refractivity contribution in [3.63, 3.8) is 0 Å². The van der Waals surface area contributed by atoms with Crippen LogP contribution in [-0.2, 0) is 22.7 Å². The van der Waals surface area contributed by atoms with E-state index in [1.54, 1.807) is 0 Å². The molecule has 30 heavy (non-hydrogen) atoms. The quantitative estimate of drug-likeness (QED) is 0.657. The van der Waals surface area contributed by atoms with Gasteiger partial charge in [0, 0.05) is 13.1 Å². The lowest BCUT2D eigenvalue weighted by molar-refractivity contribution is -0.217. The Labute approximate surface area is 181 Å². The number of hydrogen-bond donors (Lipinski definition) is 1. The van der Waals surface area contributed by atoms with E-state index < -0.39 is 0 Å². The topological polar surface area (TPSA) is 33.7 Å². The van der Waals surface area contributed by atoms with Crippen LogP contribution in [0.5, 0.6) is 0 Å². The summed E-state index contributed by atoms with van der Waals surface area (Å²) in [6, 6.07) is 21.0. The molecule has 2 aliphatic rings. The molecule has 2 aromatic rings. The van der Waals surface area contributed by atoms with Gasteiger partial charge in [0.15, 0.2) is 0 Å². The number of hydrogen-bond acceptors (Lipinski definition) is 4. The first kappa shape index (κ1) is 21.5. The predicted molar refractivity (Wildman–Crippen MR) is 121 cm³/mol. The molecule has 4 heteroatoms. The molecule has 162 valence electrons. The highest BCUT2D eigenvalue weighted by Crippen LogP contribution is 2.33. The Morgan fingerprint density at radius 2 is 1.63 bits per heavy atom. The van der Waals surface area contributed by atoms with E-state index >= 15 is 0 Å². The van der Waals surface area contributed by atoms with Crippen LogP contribution < -0.4 is 5.32 Å². The van der Waals surface area contributed by atoms with Gasteiger partial charge in [-0.15, -0.1) is 0 Å². The molecule has 0 bridgehead atoms. The third-order valence-corrected chi connectivity index (χ3v) is 6.49. The van der Waals surface area contributed by atoms with Gasteiger partial charge in [0.05, 0.1) is 19.8 Å². The Hall–Kier alpha value is -1.72. The molecule has 4 nitrogen and oxygen atoms in total. The number of rotatable bonds is 9. The highest BCUT2D eigenvalue weighted by Gasteiger charge is 2.41. The molecule has 0 spiro atoms. The van der Waals surface area contributed by atoms with Crippen molar-refractivity contribution in [1.29, 1.82) is 0 Å². The fourth-order valence-corrected chi connectivity index (χ4v) is 4.78. The Morgan fingerprint density at radius 1 is 0.900 bits per heavy atom. The molecular formula is C26H36N2O2. The van der Waals surface area contributed by atoms with Gasteiger partial charge in [-0.05, 0) is 62.2 Å². The molecule has 2 atom stereocenters. The minimum atomic E-state index is -0.333. The zero-order valence-electron chi connectivity index (χ0n) is 18.1. The number of benzene rings is 2. The summed E-state index contributed by atoms with van der Waals surface area (Å²) in [7, 11) is 0. The van der Waals surface area contributed by atoms with Crippen molar-refractivity contribution < 1.29 is 9.47 Å². The molecule has 2 aromatic carbocycles. The monoisotopic (exact) mass is 408 g/mol. The van der Waals surface area contributed by atoms with Crippen LogP contribution in [0, 0.1) is 5.92 Å². The normalized spacial score (nSPS) is 25.3. The molecule has 0 aromatic heterocycles. The van der Waals surface area contributed by atoms with E-state index in [1.807, 2.05) is 0 Å². The zero-order valence-corrected chi connectivity index (χ0v) is 18.1. The highest BCUT2D eigenvalue weighted by atomic mass is 16.6. The number of ether oxygens (including phenoxy) is 2. The second-order valence-electron chi connectivity index (χ2n) is 8.81. The average Bonchev–Trinajstić information content (AvgIpc) is 2.81. The third-order valence-electron chi connectivity index (χ3n) is 6.49. The molecule has 4 rings (SSSR count). The second-order valence-corrected chi connectivity index (χ2v) is 8.81. The molecule has 0 amide bonds. The smallest absolute Gasteiger partial charge is 0.145 e. The number of nitrogens with zero attached hydrogens (tertiary/aromatic N) is 1. The predicted octanol–water partition coefficient (Wildman–Crippen LogP) is 4.60. The van der Waals surface area contributed by atoms with E-state index in [0.29, 0.717) is 25.7 Å². The first-order valence-corrected chi connectivity index (χ1v) is 11.6. The van der Waals surface area contributed by atoms with Gasteiger partial charge in [-0.2, -0.15) is 0 Å². The lowest BCUT2D eigenvalue weighted by atomic mass is 9.93. The molecule has 2 saturated heterocycles. The van der Waals surface area contributed by atoms with Crippen molar-refractivity contribution in [1.82, 2.24) is 10.2 Å². The van der Waals surface area contributed by atoms with Crippen LogP contribution >= 0.6 is 0 Å². The first-order chi connectivity index (χ1) is 14.8. The van der Waals surface area contributed by atoms with Gasteiger partial charge in [-0.25, -0.2) is 0 Å². The second kappa shape index (κ2) is 11.1. The third kappa shape index (κ3) is 5.92. The van der Waals surface area contributed by atoms with E-state index in [0.717, 1.165) is 32.6 Å². The van der Waals surface area contributed by atoms with Gasteiger partial charge < -0.3 is 14.8 Å². The summed E-state index contributed by atoms with van der Waals surface area (Å²) in [5, 5.41) is 3.58. The van der Waals surface area contributed by atoms with Crippen LogP contribution in [0.4, 0.5) is 0 Å². The van der Waals surface area contributed by atoms with Crippen molar-refractivity contribution in [3.8, 4) is 0 Å². The summed E-state index contributed by atoms with van der Waals surface area (Å²) in [6.07, 6.45) is 6.07. The maximum absolute atomic E-state index is 6.73. The Kier molecular flexibility index (Phi) is 7.93. The van der Waals surface area contributed by atoms with Gasteiger partial charge in [-0.3, -0.25) is 4.90 Å². The maximum atomic E-state index is 6.73. The molecule has 2 fully saturated rings. The largest absolute Gasteiger partial charge is 0.372 e. The van der Waals surface area contributed by atoms with Gasteiger partial charge in [0.1, 0.15) is 5.72 Å². The van der Waals surface area contributed by atoms with E-state index in [4.69, 9.17) is 9.47 Å². The van der Waals surface area contributed by atoms with Gasteiger partial charge in [0.2, 0.25) is 0 Å². The van der Waals surface area contributed by atoms with Crippen LogP contribution in [0.1, 0.15) is 43.2 Å². The lowest BCUT2D eigenvalue weighted by Crippen LogP contribution is -2.58. The maximum Gasteiger partial charge on any atom is 0.145 e. The van der Waals surface area contributed by atoms with E-state index in [9.17, 15) is 0 Å². The Balaban J connectivity index is 1.45. The van der Waals surface area contributed by atoms with E-state index in [1.165, 1.54) is 36.8 Å². The van der Waals surface area contributed by atoms with Crippen LogP contribution in [0.15, 0.2) is 60.7 Å². The van der Waals surface area contributed by atoms with Gasteiger partial charge >= 0.3 is 0 Å². The molecule has 1 unspecified atom stereocenters. The summed E-state index contributed by atoms with van der Waals surface area (Å²) in [4.78, 5) is 2.60. The molecule has 0 radical (unpaired) electrons. The molecule has 2 aliphatic heterocycles. The average molecular weight is 409 g/mol. The first-order valence-electron chi connectivity index (χ1n) is 11.6. The minimum absolute atomic E-state index is 0.333. The Bertz CT molecular complexity index is 733. The summed E-state index contributed by atoms with van der Waals surface area (Å²) >= 11 is 0. The number of nitrogens with one attached hydrogen (secondary N) is 1. The molecule has 1 N–H and O–H groups in total. The van der Waals surface area contributed by atoms with Crippen LogP contribution in [-0.4, -0.2) is 43.4 Å². The van der Waals surface area contributed by atoms with Crippen molar-refractivity contribution in [2.75, 3.05) is 32.8 Å². The van der Waals surface area contributed by atoms with Crippen molar-refractivity contribution in [3.05, 3.63) is 71.8 Å². The van der Waals surface area contributed by atoms with Crippen molar-refractivity contribution in [2.24, 2.45) is 5.92 Å². The summed E-state index contributed by atoms with van der Waals surface area (Å²) in [6.45, 7) is 6.36. The standard InChI is InChI=1S/C26H36N2O2/c1-3-10-23(11-4-1)20-29-22-26(30-21-24-12-5-2-6-13-24)15-7-8-17-28(26)19-25-14-9-16-27-18-25/h1-6,10-13,25,27H,7-9,14-22H2/t25-,26?/m0/s1. The molecule has 0 aliphatic carbocycles. The van der Waals surface area contributed by atoms with Crippen LogP contribution in [0.3, 0.4) is 0 Å². The minimum Gasteiger partial charge on any atom is -0.372 e. The van der Waals surface area contributed by atoms with E-state index in [2.05, 4.69) is 70.9 Å². The van der Waals surface area contributed by atoms with Crippen molar-refractivity contribution >= 4 is 0 Å². The van der Waals surface area contributed by atoms with Gasteiger partial charge in [-0.1, -0.05) is 60.7 Å². The van der Waals surface area contributed by atoms with Crippen LogP contribution in [0.25, 0.3) is 0 Å². The Morgan fingerprint density at radius 3 is 2.33 bits per heavy atom. The highest BCUT2D eigenvalue weighted by molar-refractivity contribution is 5.14. The summed E-state index contributed by atoms with van der Waals surface area (Å²) in [5.74, 6) is 0.700. The molecule has 2 heterocycles. The zero-order chi connectivity index (χ0) is 20.5. The molecule has 0 saturated carbocycles. The molecular weight excluding hydrogens is 372 g/mol. The van der Waals surface area contributed by atoms with Crippen LogP contribution in [0.2, 0.25) is 0 Å². The number of likely N-dealkylation sites (tertiary alicyclic amines) is 1. The summed E-state index contributed by atoms with van der Waals surface area (Å²) in [5.41, 5.74) is 2.11. The lowest BCUT2D eigenvalue weighted by Gasteiger charge is -2.48. The van der Waals surface area contributed by atoms with Gasteiger partial charge in [0.25, 0.3) is 0 Å².